The van der Waals surface area contributed by atoms with E-state index in [2.05, 4.69) is 21.8 Å². The minimum Gasteiger partial charge on any atom is -0.338 e. The van der Waals surface area contributed by atoms with Crippen molar-refractivity contribution in [1.82, 2.24) is 9.97 Å². The molecule has 0 aliphatic heterocycles. The summed E-state index contributed by atoms with van der Waals surface area (Å²) in [6.45, 7) is 3.05. The quantitative estimate of drug-likeness (QED) is 0.749. The Balaban J connectivity index is 2.12. The van der Waals surface area contributed by atoms with Gasteiger partial charge in [-0.2, -0.15) is 0 Å². The lowest BCUT2D eigenvalue weighted by Crippen LogP contribution is -2.37. The molecule has 0 aromatic carbocycles. The van der Waals surface area contributed by atoms with Crippen LogP contribution in [0.15, 0.2) is 12.4 Å². The molecule has 0 amide bonds. The molecule has 4 nitrogen and oxygen atoms in total. The van der Waals surface area contributed by atoms with E-state index in [0.717, 1.165) is 18.8 Å². The molecule has 0 unspecified atom stereocenters. The van der Waals surface area contributed by atoms with Gasteiger partial charge in [0.15, 0.2) is 6.29 Å². The number of hydrogen-bond acceptors (Lipinski definition) is 4. The molecular weight excluding hydrogens is 214 g/mol. The second kappa shape index (κ2) is 5.75. The van der Waals surface area contributed by atoms with E-state index in [1.807, 2.05) is 0 Å². The van der Waals surface area contributed by atoms with Crippen LogP contribution >= 0.6 is 0 Å². The summed E-state index contributed by atoms with van der Waals surface area (Å²) in [6, 6.07) is 0.566. The molecule has 0 radical (unpaired) electrons. The van der Waals surface area contributed by atoms with Crippen molar-refractivity contribution in [3.8, 4) is 0 Å². The number of aromatic nitrogens is 2. The van der Waals surface area contributed by atoms with E-state index in [1.54, 1.807) is 12.4 Å². The number of anilines is 1. The van der Waals surface area contributed by atoms with Crippen molar-refractivity contribution in [3.05, 3.63) is 18.0 Å². The van der Waals surface area contributed by atoms with Gasteiger partial charge in [-0.25, -0.2) is 9.97 Å². The van der Waals surface area contributed by atoms with Crippen molar-refractivity contribution in [2.45, 2.75) is 45.1 Å². The van der Waals surface area contributed by atoms with E-state index < -0.39 is 0 Å². The summed E-state index contributed by atoms with van der Waals surface area (Å²) in [5.74, 6) is 0.755. The third-order valence-corrected chi connectivity index (χ3v) is 3.41. The summed E-state index contributed by atoms with van der Waals surface area (Å²) in [7, 11) is 0. The first kappa shape index (κ1) is 12.0. The van der Waals surface area contributed by atoms with Gasteiger partial charge in [-0.05, 0) is 19.8 Å². The van der Waals surface area contributed by atoms with Gasteiger partial charge < -0.3 is 4.90 Å². The first-order chi connectivity index (χ1) is 8.35. The molecule has 1 aliphatic carbocycles. The number of carbonyl (C=O) groups is 1. The second-order valence-corrected chi connectivity index (χ2v) is 4.51. The molecule has 0 spiro atoms. The van der Waals surface area contributed by atoms with Crippen LogP contribution < -0.4 is 4.90 Å². The van der Waals surface area contributed by atoms with Crippen molar-refractivity contribution >= 4 is 12.2 Å². The smallest absolute Gasteiger partial charge is 0.225 e. The largest absolute Gasteiger partial charge is 0.338 e. The molecule has 1 saturated carbocycles. The Bertz CT molecular complexity index is 357. The van der Waals surface area contributed by atoms with Gasteiger partial charge in [0.1, 0.15) is 0 Å². The SMILES string of the molecule is CCN(c1ncc(C=O)cn1)C1CCCCC1. The predicted molar refractivity (Wildman–Crippen MR) is 67.3 cm³/mol. The summed E-state index contributed by atoms with van der Waals surface area (Å²) in [5.41, 5.74) is 0.536. The van der Waals surface area contributed by atoms with Gasteiger partial charge >= 0.3 is 0 Å². The molecule has 0 atom stereocenters. The standard InChI is InChI=1S/C13H19N3O/c1-2-16(12-6-4-3-5-7-12)13-14-8-11(10-17)9-15-13/h8-10,12H,2-7H2,1H3. The fraction of sp³-hybridized carbons (Fsp3) is 0.615. The summed E-state index contributed by atoms with van der Waals surface area (Å²) in [6.07, 6.45) is 10.4. The Morgan fingerprint density at radius 2 is 1.94 bits per heavy atom. The van der Waals surface area contributed by atoms with Crippen LogP contribution in [-0.2, 0) is 0 Å². The molecule has 4 heteroatoms. The van der Waals surface area contributed by atoms with Crippen molar-refractivity contribution < 1.29 is 4.79 Å². The monoisotopic (exact) mass is 233 g/mol. The predicted octanol–water partition coefficient (Wildman–Crippen LogP) is 2.45. The molecular formula is C13H19N3O. The van der Waals surface area contributed by atoms with E-state index in [9.17, 15) is 4.79 Å². The Morgan fingerprint density at radius 1 is 1.29 bits per heavy atom. The van der Waals surface area contributed by atoms with Crippen molar-refractivity contribution in [1.29, 1.82) is 0 Å². The second-order valence-electron chi connectivity index (χ2n) is 4.51. The maximum Gasteiger partial charge on any atom is 0.225 e. The van der Waals surface area contributed by atoms with Crippen LogP contribution in [-0.4, -0.2) is 28.8 Å². The third-order valence-electron chi connectivity index (χ3n) is 3.41. The van der Waals surface area contributed by atoms with E-state index >= 15 is 0 Å². The summed E-state index contributed by atoms with van der Waals surface area (Å²) in [4.78, 5) is 21.4. The normalized spacial score (nSPS) is 16.8. The van der Waals surface area contributed by atoms with Gasteiger partial charge in [0, 0.05) is 25.0 Å². The number of aldehydes is 1. The average molecular weight is 233 g/mol. The van der Waals surface area contributed by atoms with E-state index in [4.69, 9.17) is 0 Å². The van der Waals surface area contributed by atoms with Gasteiger partial charge in [-0.15, -0.1) is 0 Å². The maximum absolute atomic E-state index is 10.6. The van der Waals surface area contributed by atoms with Crippen molar-refractivity contribution in [3.63, 3.8) is 0 Å². The summed E-state index contributed by atoms with van der Waals surface area (Å²) < 4.78 is 0. The molecule has 1 aliphatic rings. The minimum absolute atomic E-state index is 0.536. The summed E-state index contributed by atoms with van der Waals surface area (Å²) in [5, 5.41) is 0. The molecule has 0 saturated heterocycles. The van der Waals surface area contributed by atoms with Crippen LogP contribution in [0.2, 0.25) is 0 Å². The lowest BCUT2D eigenvalue weighted by Gasteiger charge is -2.33. The third kappa shape index (κ3) is 2.81. The van der Waals surface area contributed by atoms with E-state index in [1.165, 1.54) is 32.1 Å². The van der Waals surface area contributed by atoms with E-state index in [0.29, 0.717) is 11.6 Å². The zero-order chi connectivity index (χ0) is 12.1. The van der Waals surface area contributed by atoms with Crippen molar-refractivity contribution in [2.24, 2.45) is 0 Å². The molecule has 2 rings (SSSR count). The van der Waals surface area contributed by atoms with Crippen LogP contribution in [0.4, 0.5) is 5.95 Å². The highest BCUT2D eigenvalue weighted by molar-refractivity contribution is 5.73. The first-order valence-electron chi connectivity index (χ1n) is 6.39. The molecule has 1 aromatic heterocycles. The van der Waals surface area contributed by atoms with E-state index in [-0.39, 0.29) is 0 Å². The number of rotatable bonds is 4. The van der Waals surface area contributed by atoms with Crippen LogP contribution in [0.5, 0.6) is 0 Å². The van der Waals surface area contributed by atoms with Gasteiger partial charge in [-0.3, -0.25) is 4.79 Å². The molecule has 0 bridgehead atoms. The molecule has 1 heterocycles. The lowest BCUT2D eigenvalue weighted by molar-refractivity contribution is 0.112. The number of nitrogens with zero attached hydrogens (tertiary/aromatic N) is 3. The van der Waals surface area contributed by atoms with Gasteiger partial charge in [0.25, 0.3) is 0 Å². The number of carbonyl (C=O) groups excluding carboxylic acids is 1. The average Bonchev–Trinajstić information content (AvgIpc) is 2.42. The molecule has 1 aromatic rings. The minimum atomic E-state index is 0.536. The topological polar surface area (TPSA) is 46.1 Å². The Labute approximate surface area is 102 Å². The molecule has 17 heavy (non-hydrogen) atoms. The number of hydrogen-bond donors (Lipinski definition) is 0. The first-order valence-corrected chi connectivity index (χ1v) is 6.39. The Hall–Kier alpha value is -1.45. The summed E-state index contributed by atoms with van der Waals surface area (Å²) >= 11 is 0. The molecule has 0 N–H and O–H groups in total. The highest BCUT2D eigenvalue weighted by atomic mass is 16.1. The Kier molecular flexibility index (Phi) is 4.07. The molecule has 1 fully saturated rings. The van der Waals surface area contributed by atoms with Crippen molar-refractivity contribution in [2.75, 3.05) is 11.4 Å². The Morgan fingerprint density at radius 3 is 2.47 bits per heavy atom. The highest BCUT2D eigenvalue weighted by Crippen LogP contribution is 2.24. The zero-order valence-electron chi connectivity index (χ0n) is 10.3. The fourth-order valence-corrected chi connectivity index (χ4v) is 2.50. The fourth-order valence-electron chi connectivity index (χ4n) is 2.50. The lowest BCUT2D eigenvalue weighted by atomic mass is 9.94. The maximum atomic E-state index is 10.6. The van der Waals surface area contributed by atoms with Gasteiger partial charge in [-0.1, -0.05) is 19.3 Å². The van der Waals surface area contributed by atoms with Crippen LogP contribution in [0, 0.1) is 0 Å². The highest BCUT2D eigenvalue weighted by Gasteiger charge is 2.21. The zero-order valence-corrected chi connectivity index (χ0v) is 10.3. The molecule has 92 valence electrons. The van der Waals surface area contributed by atoms with Crippen LogP contribution in [0.3, 0.4) is 0 Å². The van der Waals surface area contributed by atoms with Gasteiger partial charge in [0.2, 0.25) is 5.95 Å². The van der Waals surface area contributed by atoms with Crippen LogP contribution in [0.1, 0.15) is 49.4 Å². The van der Waals surface area contributed by atoms with Crippen LogP contribution in [0.25, 0.3) is 0 Å². The van der Waals surface area contributed by atoms with Gasteiger partial charge in [0.05, 0.1) is 5.56 Å².